The summed E-state index contributed by atoms with van der Waals surface area (Å²) in [6.45, 7) is 2.95. The molecule has 28 heavy (non-hydrogen) atoms. The number of aliphatic imine (C=N–C) groups is 1. The molecule has 1 aromatic carbocycles. The van der Waals surface area contributed by atoms with Gasteiger partial charge in [-0.25, -0.2) is 4.99 Å². The Morgan fingerprint density at radius 1 is 1.29 bits per heavy atom. The molecule has 0 spiro atoms. The van der Waals surface area contributed by atoms with Gasteiger partial charge < -0.3 is 24.4 Å². The molecule has 0 amide bonds. The van der Waals surface area contributed by atoms with E-state index in [0.717, 1.165) is 38.5 Å². The second-order valence-electron chi connectivity index (χ2n) is 6.56. The van der Waals surface area contributed by atoms with Gasteiger partial charge in [0.05, 0.1) is 19.3 Å². The zero-order valence-corrected chi connectivity index (χ0v) is 18.3. The summed E-state index contributed by atoms with van der Waals surface area (Å²) in [5.74, 6) is 0.905. The van der Waals surface area contributed by atoms with Gasteiger partial charge in [0.1, 0.15) is 11.9 Å². The van der Waals surface area contributed by atoms with E-state index in [1.807, 2.05) is 6.92 Å². The number of ether oxygens (including phenoxy) is 3. The SMILES string of the molecule is CCNC(=NCc1ccccc1OC(F)F)N1CCOC(C2CCCO2)C1.I. The average molecular weight is 511 g/mol. The number of benzene rings is 1. The normalized spacial score (nSPS) is 22.9. The van der Waals surface area contributed by atoms with Crippen LogP contribution in [0.4, 0.5) is 8.78 Å². The second kappa shape index (κ2) is 11.7. The van der Waals surface area contributed by atoms with E-state index in [1.165, 1.54) is 6.07 Å². The van der Waals surface area contributed by atoms with Crippen molar-refractivity contribution in [3.05, 3.63) is 29.8 Å². The van der Waals surface area contributed by atoms with E-state index in [1.54, 1.807) is 18.2 Å². The molecule has 0 radical (unpaired) electrons. The van der Waals surface area contributed by atoms with Crippen molar-refractivity contribution in [2.75, 3.05) is 32.8 Å². The maximum Gasteiger partial charge on any atom is 0.387 e. The van der Waals surface area contributed by atoms with Crippen molar-refractivity contribution in [3.63, 3.8) is 0 Å². The van der Waals surface area contributed by atoms with Gasteiger partial charge >= 0.3 is 6.61 Å². The summed E-state index contributed by atoms with van der Waals surface area (Å²) >= 11 is 0. The average Bonchev–Trinajstić information content (AvgIpc) is 3.21. The molecule has 6 nitrogen and oxygen atoms in total. The number of rotatable bonds is 6. The highest BCUT2D eigenvalue weighted by Gasteiger charge is 2.32. The molecule has 2 fully saturated rings. The molecule has 0 saturated carbocycles. The van der Waals surface area contributed by atoms with Crippen molar-refractivity contribution in [1.82, 2.24) is 10.2 Å². The van der Waals surface area contributed by atoms with Crippen molar-refractivity contribution in [2.45, 2.75) is 45.1 Å². The van der Waals surface area contributed by atoms with Gasteiger partial charge in [-0.15, -0.1) is 24.0 Å². The van der Waals surface area contributed by atoms with Crippen LogP contribution >= 0.6 is 24.0 Å². The molecule has 1 N–H and O–H groups in total. The molecule has 2 aliphatic heterocycles. The first-order chi connectivity index (χ1) is 13.2. The smallest absolute Gasteiger partial charge is 0.387 e. The van der Waals surface area contributed by atoms with Crippen LogP contribution in [0.2, 0.25) is 0 Å². The number of hydrogen-bond acceptors (Lipinski definition) is 4. The molecule has 0 aromatic heterocycles. The fourth-order valence-corrected chi connectivity index (χ4v) is 3.42. The zero-order chi connectivity index (χ0) is 19.1. The predicted molar refractivity (Wildman–Crippen MR) is 114 cm³/mol. The first-order valence-corrected chi connectivity index (χ1v) is 9.46. The van der Waals surface area contributed by atoms with E-state index in [2.05, 4.69) is 19.9 Å². The lowest BCUT2D eigenvalue weighted by atomic mass is 10.1. The van der Waals surface area contributed by atoms with Crippen LogP contribution in [0.15, 0.2) is 29.3 Å². The molecule has 2 atom stereocenters. The number of nitrogens with zero attached hydrogens (tertiary/aromatic N) is 2. The van der Waals surface area contributed by atoms with Crippen LogP contribution in [0.1, 0.15) is 25.3 Å². The van der Waals surface area contributed by atoms with Crippen molar-refractivity contribution in [2.24, 2.45) is 4.99 Å². The van der Waals surface area contributed by atoms with Gasteiger partial charge in [0.15, 0.2) is 5.96 Å². The molecule has 2 unspecified atom stereocenters. The third-order valence-electron chi connectivity index (χ3n) is 4.70. The minimum atomic E-state index is -2.85. The Morgan fingerprint density at radius 2 is 2.07 bits per heavy atom. The number of alkyl halides is 2. The Hall–Kier alpha value is -1.20. The number of halogens is 3. The number of morpholine rings is 1. The standard InChI is InChI=1S/C19H27F2N3O3.HI/c1-2-22-19(23-12-14-6-3-4-7-15(14)27-18(20)21)24-9-11-26-17(13-24)16-8-5-10-25-16;/h3-4,6-7,16-18H,2,5,8-13H2,1H3,(H,22,23);1H. The summed E-state index contributed by atoms with van der Waals surface area (Å²) < 4.78 is 41.4. The predicted octanol–water partition coefficient (Wildman–Crippen LogP) is 3.25. The van der Waals surface area contributed by atoms with Gasteiger partial charge in [-0.1, -0.05) is 18.2 Å². The molecule has 2 aliphatic rings. The maximum absolute atomic E-state index is 12.6. The third-order valence-corrected chi connectivity index (χ3v) is 4.70. The highest BCUT2D eigenvalue weighted by Crippen LogP contribution is 2.23. The summed E-state index contributed by atoms with van der Waals surface area (Å²) in [5.41, 5.74) is 0.622. The first-order valence-electron chi connectivity index (χ1n) is 9.46. The molecule has 3 rings (SSSR count). The van der Waals surface area contributed by atoms with Crippen LogP contribution in [0, 0.1) is 0 Å². The Kier molecular flexibility index (Phi) is 9.66. The lowest BCUT2D eigenvalue weighted by Gasteiger charge is -2.37. The van der Waals surface area contributed by atoms with Gasteiger partial charge in [-0.2, -0.15) is 8.78 Å². The van der Waals surface area contributed by atoms with Crippen LogP contribution < -0.4 is 10.1 Å². The first kappa shape index (κ1) is 23.1. The van der Waals surface area contributed by atoms with E-state index in [9.17, 15) is 8.78 Å². The van der Waals surface area contributed by atoms with Crippen molar-refractivity contribution < 1.29 is 23.0 Å². The quantitative estimate of drug-likeness (QED) is 0.361. The molecule has 2 saturated heterocycles. The summed E-state index contributed by atoms with van der Waals surface area (Å²) in [4.78, 5) is 6.80. The number of guanidine groups is 1. The summed E-state index contributed by atoms with van der Waals surface area (Å²) in [5, 5.41) is 3.28. The molecule has 0 aliphatic carbocycles. The highest BCUT2D eigenvalue weighted by atomic mass is 127. The fourth-order valence-electron chi connectivity index (χ4n) is 3.42. The molecule has 0 bridgehead atoms. The van der Waals surface area contributed by atoms with Crippen molar-refractivity contribution in [1.29, 1.82) is 0 Å². The van der Waals surface area contributed by atoms with Crippen LogP contribution in [0.3, 0.4) is 0 Å². The Bertz CT molecular complexity index is 630. The molecule has 1 aromatic rings. The molecule has 9 heteroatoms. The minimum Gasteiger partial charge on any atom is -0.434 e. The fraction of sp³-hybridized carbons (Fsp3) is 0.632. The maximum atomic E-state index is 12.6. The highest BCUT2D eigenvalue weighted by molar-refractivity contribution is 14.0. The van der Waals surface area contributed by atoms with E-state index in [4.69, 9.17) is 9.47 Å². The topological polar surface area (TPSA) is 55.3 Å². The van der Waals surface area contributed by atoms with Gasteiger partial charge in [0.2, 0.25) is 0 Å². The summed E-state index contributed by atoms with van der Waals surface area (Å²) in [6.07, 6.45) is 2.25. The van der Waals surface area contributed by atoms with E-state index in [-0.39, 0.29) is 48.5 Å². The third kappa shape index (κ3) is 6.41. The second-order valence-corrected chi connectivity index (χ2v) is 6.56. The van der Waals surface area contributed by atoms with E-state index >= 15 is 0 Å². The molecule has 158 valence electrons. The van der Waals surface area contributed by atoms with E-state index in [0.29, 0.717) is 18.7 Å². The van der Waals surface area contributed by atoms with Crippen molar-refractivity contribution >= 4 is 29.9 Å². The largest absolute Gasteiger partial charge is 0.434 e. The van der Waals surface area contributed by atoms with E-state index < -0.39 is 6.61 Å². The number of para-hydroxylation sites is 1. The molecular formula is C19H28F2IN3O3. The zero-order valence-electron chi connectivity index (χ0n) is 16.0. The number of nitrogens with one attached hydrogen (secondary N) is 1. The van der Waals surface area contributed by atoms with Crippen LogP contribution in [-0.2, 0) is 16.0 Å². The van der Waals surface area contributed by atoms with Gasteiger partial charge in [-0.05, 0) is 25.8 Å². The molecular weight excluding hydrogens is 483 g/mol. The summed E-state index contributed by atoms with van der Waals surface area (Å²) in [7, 11) is 0. The van der Waals surface area contributed by atoms with Gasteiger partial charge in [0, 0.05) is 31.8 Å². The van der Waals surface area contributed by atoms with Crippen LogP contribution in [0.25, 0.3) is 0 Å². The Balaban J connectivity index is 0.00000280. The van der Waals surface area contributed by atoms with Gasteiger partial charge in [-0.3, -0.25) is 0 Å². The molecule has 2 heterocycles. The minimum absolute atomic E-state index is 0. The monoisotopic (exact) mass is 511 g/mol. The Morgan fingerprint density at radius 3 is 2.79 bits per heavy atom. The van der Waals surface area contributed by atoms with Crippen LogP contribution in [0.5, 0.6) is 5.75 Å². The van der Waals surface area contributed by atoms with Crippen molar-refractivity contribution in [3.8, 4) is 5.75 Å². The van der Waals surface area contributed by atoms with Crippen LogP contribution in [-0.4, -0.2) is 62.5 Å². The lowest BCUT2D eigenvalue weighted by molar-refractivity contribution is -0.0817. The lowest BCUT2D eigenvalue weighted by Crippen LogP contribution is -2.53. The Labute approximate surface area is 181 Å². The summed E-state index contributed by atoms with van der Waals surface area (Å²) in [6, 6.07) is 6.74. The number of hydrogen-bond donors (Lipinski definition) is 1. The van der Waals surface area contributed by atoms with Gasteiger partial charge in [0.25, 0.3) is 0 Å².